The molecule has 5 nitrogen and oxygen atoms in total. The molecule has 0 bridgehead atoms. The topological polar surface area (TPSA) is 75.4 Å². The van der Waals surface area contributed by atoms with Crippen molar-refractivity contribution in [1.82, 2.24) is 4.90 Å². The number of carbonyl (C=O) groups excluding carboxylic acids is 2. The van der Waals surface area contributed by atoms with Crippen LogP contribution in [0.5, 0.6) is 0 Å². The summed E-state index contributed by atoms with van der Waals surface area (Å²) in [5, 5.41) is 2.87. The monoisotopic (exact) mass is 289 g/mol. The van der Waals surface area contributed by atoms with Gasteiger partial charge in [-0.05, 0) is 31.4 Å². The molecule has 0 aliphatic carbocycles. The number of amides is 2. The number of para-hydroxylation sites is 2. The van der Waals surface area contributed by atoms with Crippen molar-refractivity contribution < 1.29 is 9.59 Å². The molecule has 1 unspecified atom stereocenters. The molecule has 0 aromatic heterocycles. The average molecular weight is 289 g/mol. The second-order valence-corrected chi connectivity index (χ2v) is 5.51. The predicted octanol–water partition coefficient (Wildman–Crippen LogP) is 2.25. The van der Waals surface area contributed by atoms with Crippen LogP contribution in [0, 0.1) is 5.92 Å². The van der Waals surface area contributed by atoms with Crippen LogP contribution < -0.4 is 11.1 Å². The average Bonchev–Trinajstić information content (AvgIpc) is 2.50. The van der Waals surface area contributed by atoms with E-state index in [0.717, 1.165) is 25.8 Å². The minimum atomic E-state index is -0.154. The predicted molar refractivity (Wildman–Crippen MR) is 83.7 cm³/mol. The van der Waals surface area contributed by atoms with Gasteiger partial charge in [0.05, 0.1) is 17.3 Å². The Hall–Kier alpha value is -2.04. The molecule has 1 aliphatic rings. The van der Waals surface area contributed by atoms with E-state index in [1.54, 1.807) is 12.1 Å². The highest BCUT2D eigenvalue weighted by Crippen LogP contribution is 2.22. The van der Waals surface area contributed by atoms with Crippen LogP contribution in [0.1, 0.15) is 32.6 Å². The lowest BCUT2D eigenvalue weighted by Crippen LogP contribution is -2.43. The maximum atomic E-state index is 12.3. The number of piperidine rings is 1. The number of rotatable bonds is 4. The summed E-state index contributed by atoms with van der Waals surface area (Å²) in [5.74, 6) is -0.0599. The van der Waals surface area contributed by atoms with Crippen LogP contribution in [0.3, 0.4) is 0 Å². The summed E-state index contributed by atoms with van der Waals surface area (Å²) in [5.41, 5.74) is 7.03. The fourth-order valence-electron chi connectivity index (χ4n) is 2.64. The van der Waals surface area contributed by atoms with E-state index in [0.29, 0.717) is 24.3 Å². The smallest absolute Gasteiger partial charge is 0.229 e. The van der Waals surface area contributed by atoms with E-state index in [1.807, 2.05) is 24.0 Å². The molecule has 114 valence electrons. The Morgan fingerprint density at radius 3 is 2.86 bits per heavy atom. The van der Waals surface area contributed by atoms with Gasteiger partial charge >= 0.3 is 0 Å². The zero-order valence-electron chi connectivity index (χ0n) is 12.5. The molecule has 0 saturated carbocycles. The fourth-order valence-corrected chi connectivity index (χ4v) is 2.64. The van der Waals surface area contributed by atoms with Crippen LogP contribution in [0.2, 0.25) is 0 Å². The quantitative estimate of drug-likeness (QED) is 0.835. The SMILES string of the molecule is CCCC(=O)N1CCCC(C(=O)Nc2ccccc2N)C1. The molecule has 1 aromatic carbocycles. The minimum Gasteiger partial charge on any atom is -0.397 e. The maximum Gasteiger partial charge on any atom is 0.229 e. The van der Waals surface area contributed by atoms with Gasteiger partial charge in [0.1, 0.15) is 0 Å². The lowest BCUT2D eigenvalue weighted by Gasteiger charge is -2.32. The Kier molecular flexibility index (Phi) is 5.20. The van der Waals surface area contributed by atoms with Gasteiger partial charge in [-0.25, -0.2) is 0 Å². The number of nitrogens with two attached hydrogens (primary N) is 1. The highest BCUT2D eigenvalue weighted by Gasteiger charge is 2.28. The Bertz CT molecular complexity index is 516. The molecule has 0 radical (unpaired) electrons. The van der Waals surface area contributed by atoms with Crippen molar-refractivity contribution in [2.24, 2.45) is 5.92 Å². The molecule has 1 fully saturated rings. The maximum absolute atomic E-state index is 12.3. The van der Waals surface area contributed by atoms with Gasteiger partial charge in [0.2, 0.25) is 11.8 Å². The first kappa shape index (κ1) is 15.4. The first-order valence-electron chi connectivity index (χ1n) is 7.55. The zero-order chi connectivity index (χ0) is 15.2. The Morgan fingerprint density at radius 2 is 2.14 bits per heavy atom. The third kappa shape index (κ3) is 3.97. The van der Waals surface area contributed by atoms with E-state index in [9.17, 15) is 9.59 Å². The van der Waals surface area contributed by atoms with E-state index in [1.165, 1.54) is 0 Å². The van der Waals surface area contributed by atoms with E-state index in [-0.39, 0.29) is 17.7 Å². The molecule has 2 rings (SSSR count). The van der Waals surface area contributed by atoms with Gasteiger partial charge in [-0.1, -0.05) is 19.1 Å². The van der Waals surface area contributed by atoms with Crippen molar-refractivity contribution in [3.05, 3.63) is 24.3 Å². The van der Waals surface area contributed by atoms with Crippen molar-refractivity contribution in [3.8, 4) is 0 Å². The number of nitrogens with zero attached hydrogens (tertiary/aromatic N) is 1. The van der Waals surface area contributed by atoms with Crippen molar-refractivity contribution in [3.63, 3.8) is 0 Å². The molecule has 5 heteroatoms. The number of benzene rings is 1. The third-order valence-electron chi connectivity index (χ3n) is 3.83. The second-order valence-electron chi connectivity index (χ2n) is 5.51. The molecule has 1 saturated heterocycles. The van der Waals surface area contributed by atoms with E-state index in [2.05, 4.69) is 5.32 Å². The van der Waals surface area contributed by atoms with Crippen molar-refractivity contribution in [2.75, 3.05) is 24.1 Å². The largest absolute Gasteiger partial charge is 0.397 e. The Balaban J connectivity index is 1.96. The van der Waals surface area contributed by atoms with Crippen LogP contribution in [0.4, 0.5) is 11.4 Å². The zero-order valence-corrected chi connectivity index (χ0v) is 12.5. The highest BCUT2D eigenvalue weighted by molar-refractivity contribution is 5.95. The number of anilines is 2. The number of likely N-dealkylation sites (tertiary alicyclic amines) is 1. The Labute approximate surface area is 125 Å². The highest BCUT2D eigenvalue weighted by atomic mass is 16.2. The Morgan fingerprint density at radius 1 is 1.38 bits per heavy atom. The summed E-state index contributed by atoms with van der Waals surface area (Å²) in [6, 6.07) is 7.21. The molecule has 2 amide bonds. The minimum absolute atomic E-state index is 0.0538. The van der Waals surface area contributed by atoms with Crippen LogP contribution in [-0.4, -0.2) is 29.8 Å². The van der Waals surface area contributed by atoms with E-state index >= 15 is 0 Å². The molecule has 0 spiro atoms. The van der Waals surface area contributed by atoms with Gasteiger partial charge in [0, 0.05) is 19.5 Å². The number of hydrogen-bond acceptors (Lipinski definition) is 3. The van der Waals surface area contributed by atoms with Crippen LogP contribution >= 0.6 is 0 Å². The molecule has 1 aliphatic heterocycles. The van der Waals surface area contributed by atoms with Gasteiger partial charge in [-0.3, -0.25) is 9.59 Å². The van der Waals surface area contributed by atoms with Gasteiger partial charge in [-0.15, -0.1) is 0 Å². The molecule has 3 N–H and O–H groups in total. The van der Waals surface area contributed by atoms with Crippen LogP contribution in [0.25, 0.3) is 0 Å². The molecular weight excluding hydrogens is 266 g/mol. The lowest BCUT2D eigenvalue weighted by molar-refractivity contribution is -0.134. The molecule has 1 heterocycles. The fraction of sp³-hybridized carbons (Fsp3) is 0.500. The molecule has 1 atom stereocenters. The van der Waals surface area contributed by atoms with E-state index < -0.39 is 0 Å². The third-order valence-corrected chi connectivity index (χ3v) is 3.83. The second kappa shape index (κ2) is 7.11. The van der Waals surface area contributed by atoms with E-state index in [4.69, 9.17) is 5.73 Å². The standard InChI is InChI=1S/C16H23N3O2/c1-2-6-15(20)19-10-5-7-12(11-19)16(21)18-14-9-4-3-8-13(14)17/h3-4,8-9,12H,2,5-7,10-11,17H2,1H3,(H,18,21). The number of nitrogens with one attached hydrogen (secondary N) is 1. The summed E-state index contributed by atoms with van der Waals surface area (Å²) in [6.45, 7) is 3.26. The summed E-state index contributed by atoms with van der Waals surface area (Å²) >= 11 is 0. The van der Waals surface area contributed by atoms with Crippen molar-refractivity contribution in [1.29, 1.82) is 0 Å². The van der Waals surface area contributed by atoms with Gasteiger partial charge in [-0.2, -0.15) is 0 Å². The van der Waals surface area contributed by atoms with Gasteiger partial charge in [0.25, 0.3) is 0 Å². The number of carbonyl (C=O) groups is 2. The molecule has 1 aromatic rings. The van der Waals surface area contributed by atoms with Crippen molar-refractivity contribution >= 4 is 23.2 Å². The summed E-state index contributed by atoms with van der Waals surface area (Å²) in [4.78, 5) is 26.1. The van der Waals surface area contributed by atoms with Crippen LogP contribution in [-0.2, 0) is 9.59 Å². The summed E-state index contributed by atoms with van der Waals surface area (Å²) in [6.07, 6.45) is 3.08. The van der Waals surface area contributed by atoms with Crippen molar-refractivity contribution in [2.45, 2.75) is 32.6 Å². The first-order valence-corrected chi connectivity index (χ1v) is 7.55. The van der Waals surface area contributed by atoms with Gasteiger partial charge < -0.3 is 16.0 Å². The van der Waals surface area contributed by atoms with Crippen LogP contribution in [0.15, 0.2) is 24.3 Å². The first-order chi connectivity index (χ1) is 10.1. The summed E-state index contributed by atoms with van der Waals surface area (Å²) in [7, 11) is 0. The number of hydrogen-bond donors (Lipinski definition) is 2. The summed E-state index contributed by atoms with van der Waals surface area (Å²) < 4.78 is 0. The molecular formula is C16H23N3O2. The molecule has 21 heavy (non-hydrogen) atoms. The lowest BCUT2D eigenvalue weighted by atomic mass is 9.96. The number of nitrogen functional groups attached to an aromatic ring is 1. The van der Waals surface area contributed by atoms with Gasteiger partial charge in [0.15, 0.2) is 0 Å². The normalized spacial score (nSPS) is 18.3.